The average molecular weight is 368 g/mol. The lowest BCUT2D eigenvalue weighted by atomic mass is 10.0. The molecule has 0 spiro atoms. The van der Waals surface area contributed by atoms with Crippen LogP contribution >= 0.6 is 11.6 Å². The Bertz CT molecular complexity index is 601. The van der Waals surface area contributed by atoms with Gasteiger partial charge in [0, 0.05) is 12.6 Å². The van der Waals surface area contributed by atoms with Crippen LogP contribution in [0.4, 0.5) is 0 Å². The summed E-state index contributed by atoms with van der Waals surface area (Å²) in [5.74, 6) is 1.21. The summed E-state index contributed by atoms with van der Waals surface area (Å²) < 4.78 is 16.5. The van der Waals surface area contributed by atoms with Gasteiger partial charge in [0.05, 0.1) is 20.3 Å². The quantitative estimate of drug-likeness (QED) is 0.763. The van der Waals surface area contributed by atoms with Crippen molar-refractivity contribution in [1.29, 1.82) is 0 Å². The first kappa shape index (κ1) is 18.3. The topological polar surface area (TPSA) is 48.0 Å². The van der Waals surface area contributed by atoms with Crippen molar-refractivity contribution in [3.63, 3.8) is 0 Å². The van der Waals surface area contributed by atoms with E-state index in [4.69, 9.17) is 25.8 Å². The molecule has 0 radical (unpaired) electrons. The minimum atomic E-state index is -0.312. The Morgan fingerprint density at radius 1 is 1.20 bits per heavy atom. The number of amides is 1. The number of hydrogen-bond acceptors (Lipinski definition) is 4. The molecule has 2 atom stereocenters. The zero-order valence-electron chi connectivity index (χ0n) is 15.1. The van der Waals surface area contributed by atoms with Crippen molar-refractivity contribution < 1.29 is 19.0 Å². The van der Waals surface area contributed by atoms with Crippen LogP contribution in [0.2, 0.25) is 5.02 Å². The highest BCUT2D eigenvalue weighted by molar-refractivity contribution is 6.33. The van der Waals surface area contributed by atoms with Gasteiger partial charge in [-0.05, 0) is 56.7 Å². The molecule has 1 saturated heterocycles. The molecule has 1 aliphatic heterocycles. The molecule has 2 aliphatic rings. The van der Waals surface area contributed by atoms with Crippen molar-refractivity contribution in [2.75, 3.05) is 20.8 Å². The monoisotopic (exact) mass is 367 g/mol. The molecular formula is C19H26ClNO4. The summed E-state index contributed by atoms with van der Waals surface area (Å²) in [5, 5.41) is 0.445. The third-order valence-electron chi connectivity index (χ3n) is 5.02. The van der Waals surface area contributed by atoms with Crippen LogP contribution in [-0.4, -0.2) is 43.8 Å². The van der Waals surface area contributed by atoms with E-state index in [-0.39, 0.29) is 18.1 Å². The van der Waals surface area contributed by atoms with Gasteiger partial charge in [-0.1, -0.05) is 11.6 Å². The van der Waals surface area contributed by atoms with Gasteiger partial charge in [0.25, 0.3) is 5.91 Å². The summed E-state index contributed by atoms with van der Waals surface area (Å²) >= 11 is 6.27. The molecule has 3 rings (SSSR count). The summed E-state index contributed by atoms with van der Waals surface area (Å²) in [4.78, 5) is 15.1. The molecule has 1 aliphatic carbocycles. The fourth-order valence-electron chi connectivity index (χ4n) is 3.43. The first-order valence-corrected chi connectivity index (χ1v) is 9.29. The summed E-state index contributed by atoms with van der Waals surface area (Å²) in [6.45, 7) is 2.72. The Balaban J connectivity index is 1.88. The molecule has 0 bridgehead atoms. The largest absolute Gasteiger partial charge is 0.495 e. The van der Waals surface area contributed by atoms with Crippen molar-refractivity contribution in [2.24, 2.45) is 0 Å². The summed E-state index contributed by atoms with van der Waals surface area (Å²) in [5.41, 5.74) is 0.953. The first-order valence-electron chi connectivity index (χ1n) is 8.92. The molecule has 138 valence electrons. The second-order valence-electron chi connectivity index (χ2n) is 6.75. The smallest absolute Gasteiger partial charge is 0.252 e. The van der Waals surface area contributed by atoms with Crippen LogP contribution in [0.3, 0.4) is 0 Å². The van der Waals surface area contributed by atoms with E-state index in [0.717, 1.165) is 37.7 Å². The standard InChI is InChI=1S/C19H26ClNO4/c1-12(13-10-16(23-2)18(20)17(11-13)24-3)21(14-7-8-14)19(22)15-6-4-5-9-25-15/h10-12,14-15H,4-9H2,1-3H3/t12-,15-/m1/s1. The summed E-state index contributed by atoms with van der Waals surface area (Å²) in [6.07, 6.45) is 4.67. The van der Waals surface area contributed by atoms with Gasteiger partial charge in [-0.3, -0.25) is 4.79 Å². The lowest BCUT2D eigenvalue weighted by Crippen LogP contribution is -2.44. The van der Waals surface area contributed by atoms with E-state index in [1.165, 1.54) is 0 Å². The number of carbonyl (C=O) groups is 1. The Morgan fingerprint density at radius 2 is 1.84 bits per heavy atom. The number of rotatable bonds is 6. The lowest BCUT2D eigenvalue weighted by molar-refractivity contribution is -0.149. The maximum Gasteiger partial charge on any atom is 0.252 e. The van der Waals surface area contributed by atoms with Crippen molar-refractivity contribution in [2.45, 2.75) is 57.2 Å². The van der Waals surface area contributed by atoms with Crippen LogP contribution in [0.15, 0.2) is 12.1 Å². The first-order chi connectivity index (χ1) is 12.1. The number of carbonyl (C=O) groups excluding carboxylic acids is 1. The number of halogens is 1. The molecule has 1 aromatic carbocycles. The van der Waals surface area contributed by atoms with Crippen LogP contribution in [0, 0.1) is 0 Å². The van der Waals surface area contributed by atoms with Gasteiger partial charge in [0.15, 0.2) is 0 Å². The van der Waals surface area contributed by atoms with Gasteiger partial charge in [0.2, 0.25) is 0 Å². The van der Waals surface area contributed by atoms with Gasteiger partial charge in [0.1, 0.15) is 22.6 Å². The van der Waals surface area contributed by atoms with E-state index in [0.29, 0.717) is 29.2 Å². The van der Waals surface area contributed by atoms with Gasteiger partial charge >= 0.3 is 0 Å². The molecule has 1 heterocycles. The lowest BCUT2D eigenvalue weighted by Gasteiger charge is -2.34. The van der Waals surface area contributed by atoms with E-state index >= 15 is 0 Å². The molecule has 5 nitrogen and oxygen atoms in total. The van der Waals surface area contributed by atoms with Crippen LogP contribution in [-0.2, 0) is 9.53 Å². The maximum absolute atomic E-state index is 13.1. The van der Waals surface area contributed by atoms with Gasteiger partial charge < -0.3 is 19.1 Å². The Kier molecular flexibility index (Phi) is 5.74. The van der Waals surface area contributed by atoms with Crippen molar-refractivity contribution in [1.82, 2.24) is 4.90 Å². The molecule has 2 fully saturated rings. The highest BCUT2D eigenvalue weighted by atomic mass is 35.5. The van der Waals surface area contributed by atoms with Crippen LogP contribution in [0.25, 0.3) is 0 Å². The predicted molar refractivity (Wildman–Crippen MR) is 96.4 cm³/mol. The van der Waals surface area contributed by atoms with Gasteiger partial charge in [-0.2, -0.15) is 0 Å². The number of ether oxygens (including phenoxy) is 3. The molecule has 1 amide bonds. The fraction of sp³-hybridized carbons (Fsp3) is 0.632. The van der Waals surface area contributed by atoms with E-state index in [1.54, 1.807) is 14.2 Å². The number of benzene rings is 1. The molecule has 0 unspecified atom stereocenters. The second kappa shape index (κ2) is 7.83. The number of hydrogen-bond donors (Lipinski definition) is 0. The predicted octanol–water partition coefficient (Wildman–Crippen LogP) is 3.98. The molecular weight excluding hydrogens is 342 g/mol. The number of methoxy groups -OCH3 is 2. The zero-order chi connectivity index (χ0) is 18.0. The van der Waals surface area contributed by atoms with Gasteiger partial charge in [-0.15, -0.1) is 0 Å². The van der Waals surface area contributed by atoms with E-state index in [2.05, 4.69) is 0 Å². The SMILES string of the molecule is COc1cc([C@@H](C)N(C(=O)[C@H]2CCCCO2)C2CC2)cc(OC)c1Cl. The van der Waals surface area contributed by atoms with E-state index < -0.39 is 0 Å². The maximum atomic E-state index is 13.1. The van der Waals surface area contributed by atoms with Crippen LogP contribution < -0.4 is 9.47 Å². The molecule has 25 heavy (non-hydrogen) atoms. The minimum absolute atomic E-state index is 0.0920. The van der Waals surface area contributed by atoms with Gasteiger partial charge in [-0.25, -0.2) is 0 Å². The molecule has 1 aromatic rings. The molecule has 6 heteroatoms. The molecule has 1 saturated carbocycles. The van der Waals surface area contributed by atoms with E-state index in [1.807, 2.05) is 24.0 Å². The number of nitrogens with zero attached hydrogens (tertiary/aromatic N) is 1. The normalized spacial score (nSPS) is 21.5. The highest BCUT2D eigenvalue weighted by Gasteiger charge is 2.40. The summed E-state index contributed by atoms with van der Waals surface area (Å²) in [6, 6.07) is 3.98. The fourth-order valence-corrected chi connectivity index (χ4v) is 3.70. The minimum Gasteiger partial charge on any atom is -0.495 e. The van der Waals surface area contributed by atoms with Crippen LogP contribution in [0.1, 0.15) is 50.6 Å². The van der Waals surface area contributed by atoms with E-state index in [9.17, 15) is 4.79 Å². The Morgan fingerprint density at radius 3 is 2.32 bits per heavy atom. The second-order valence-corrected chi connectivity index (χ2v) is 7.13. The molecule has 0 N–H and O–H groups in total. The van der Waals surface area contributed by atoms with Crippen LogP contribution in [0.5, 0.6) is 11.5 Å². The van der Waals surface area contributed by atoms with Crippen molar-refractivity contribution >= 4 is 17.5 Å². The average Bonchev–Trinajstić information content (AvgIpc) is 3.47. The van der Waals surface area contributed by atoms with Crippen molar-refractivity contribution in [3.8, 4) is 11.5 Å². The molecule has 0 aromatic heterocycles. The van der Waals surface area contributed by atoms with Crippen molar-refractivity contribution in [3.05, 3.63) is 22.7 Å². The summed E-state index contributed by atoms with van der Waals surface area (Å²) in [7, 11) is 3.16. The zero-order valence-corrected chi connectivity index (χ0v) is 15.8. The highest BCUT2D eigenvalue weighted by Crippen LogP contribution is 2.41. The Labute approximate surface area is 154 Å². The third-order valence-corrected chi connectivity index (χ3v) is 5.39. The Hall–Kier alpha value is -1.46. The third kappa shape index (κ3) is 3.87.